The van der Waals surface area contributed by atoms with Gasteiger partial charge in [0, 0.05) is 24.0 Å². The van der Waals surface area contributed by atoms with Gasteiger partial charge in [0.2, 0.25) is 0 Å². The van der Waals surface area contributed by atoms with Gasteiger partial charge in [-0.25, -0.2) is 0 Å². The van der Waals surface area contributed by atoms with E-state index in [-0.39, 0.29) is 0 Å². The fourth-order valence-corrected chi connectivity index (χ4v) is 1.97. The number of anilines is 1. The van der Waals surface area contributed by atoms with Crippen LogP contribution in [-0.4, -0.2) is 22.2 Å². The summed E-state index contributed by atoms with van der Waals surface area (Å²) in [6, 6.07) is 12.1. The maximum atomic E-state index is 4.28. The van der Waals surface area contributed by atoms with Crippen molar-refractivity contribution in [3.63, 3.8) is 0 Å². The Hall–Kier alpha value is -2.36. The van der Waals surface area contributed by atoms with Crippen LogP contribution < -0.4 is 5.32 Å². The van der Waals surface area contributed by atoms with Gasteiger partial charge in [0.15, 0.2) is 5.82 Å². The van der Waals surface area contributed by atoms with Crippen LogP contribution in [0.25, 0.3) is 22.2 Å². The molecule has 17 heavy (non-hydrogen) atoms. The predicted octanol–water partition coefficient (Wildman–Crippen LogP) is 2.67. The average Bonchev–Trinajstić information content (AvgIpc) is 2.91. The molecule has 2 aromatic heterocycles. The predicted molar refractivity (Wildman–Crippen MR) is 68.9 cm³/mol. The van der Waals surface area contributed by atoms with Crippen LogP contribution in [-0.2, 0) is 0 Å². The van der Waals surface area contributed by atoms with Crippen LogP contribution in [0.2, 0.25) is 0 Å². The molecular weight excluding hydrogens is 212 g/mol. The summed E-state index contributed by atoms with van der Waals surface area (Å²) in [5.74, 6) is 0.802. The second-order valence-corrected chi connectivity index (χ2v) is 3.78. The van der Waals surface area contributed by atoms with Crippen LogP contribution in [0.15, 0.2) is 42.6 Å². The molecule has 3 rings (SSSR count). The Morgan fingerprint density at radius 2 is 1.82 bits per heavy atom. The number of nitrogens with zero attached hydrogens (tertiary/aromatic N) is 2. The van der Waals surface area contributed by atoms with Gasteiger partial charge in [-0.1, -0.05) is 24.3 Å². The lowest BCUT2D eigenvalue weighted by Gasteiger charge is -2.07. The van der Waals surface area contributed by atoms with Crippen molar-refractivity contribution in [2.45, 2.75) is 0 Å². The molecule has 0 atom stereocenters. The Kier molecular flexibility index (Phi) is 2.26. The maximum absolute atomic E-state index is 4.28. The Morgan fingerprint density at radius 1 is 1.00 bits per heavy atom. The van der Waals surface area contributed by atoms with Crippen molar-refractivity contribution < 1.29 is 0 Å². The van der Waals surface area contributed by atoms with E-state index in [1.165, 1.54) is 0 Å². The van der Waals surface area contributed by atoms with E-state index in [0.29, 0.717) is 0 Å². The SMILES string of the molecule is CNc1nnc(-c2ccc[nH]2)c2ccccc12. The van der Waals surface area contributed by atoms with E-state index in [1.807, 2.05) is 43.6 Å². The minimum Gasteiger partial charge on any atom is -0.371 e. The number of H-pyrrole nitrogens is 1. The molecule has 0 unspecified atom stereocenters. The van der Waals surface area contributed by atoms with Crippen LogP contribution in [0.5, 0.6) is 0 Å². The molecule has 3 aromatic rings. The van der Waals surface area contributed by atoms with Gasteiger partial charge >= 0.3 is 0 Å². The normalized spacial score (nSPS) is 10.6. The lowest BCUT2D eigenvalue weighted by Crippen LogP contribution is -1.98. The van der Waals surface area contributed by atoms with Crippen molar-refractivity contribution >= 4 is 16.6 Å². The van der Waals surface area contributed by atoms with Gasteiger partial charge in [-0.05, 0) is 12.1 Å². The minimum atomic E-state index is 0.802. The number of aromatic nitrogens is 3. The molecule has 1 aromatic carbocycles. The molecule has 0 saturated carbocycles. The topological polar surface area (TPSA) is 53.6 Å². The van der Waals surface area contributed by atoms with Crippen molar-refractivity contribution in [2.24, 2.45) is 0 Å². The number of rotatable bonds is 2. The summed E-state index contributed by atoms with van der Waals surface area (Å²) in [7, 11) is 1.85. The highest BCUT2D eigenvalue weighted by Gasteiger charge is 2.09. The Labute approximate surface area is 98.7 Å². The minimum absolute atomic E-state index is 0.802. The van der Waals surface area contributed by atoms with Crippen LogP contribution in [0.1, 0.15) is 0 Å². The van der Waals surface area contributed by atoms with Crippen molar-refractivity contribution in [1.29, 1.82) is 0 Å². The Bertz CT molecular complexity index is 644. The quantitative estimate of drug-likeness (QED) is 0.703. The van der Waals surface area contributed by atoms with Crippen LogP contribution in [0.4, 0.5) is 5.82 Å². The number of hydrogen-bond donors (Lipinski definition) is 2. The van der Waals surface area contributed by atoms with Gasteiger partial charge in [-0.2, -0.15) is 0 Å². The molecule has 0 saturated heterocycles. The second-order valence-electron chi connectivity index (χ2n) is 3.78. The number of aromatic amines is 1. The van der Waals surface area contributed by atoms with E-state index >= 15 is 0 Å². The first-order valence-corrected chi connectivity index (χ1v) is 5.47. The summed E-state index contributed by atoms with van der Waals surface area (Å²) >= 11 is 0. The number of fused-ring (bicyclic) bond motifs is 1. The molecule has 0 spiro atoms. The van der Waals surface area contributed by atoms with Crippen LogP contribution in [0, 0.1) is 0 Å². The van der Waals surface area contributed by atoms with Gasteiger partial charge < -0.3 is 10.3 Å². The number of nitrogens with one attached hydrogen (secondary N) is 2. The first-order valence-electron chi connectivity index (χ1n) is 5.47. The molecule has 84 valence electrons. The first kappa shape index (κ1) is 9.84. The van der Waals surface area contributed by atoms with Crippen molar-refractivity contribution in [1.82, 2.24) is 15.2 Å². The standard InChI is InChI=1S/C13H12N4/c1-14-13-10-6-3-2-5-9(10)12(16-17-13)11-7-4-8-15-11/h2-8,15H,1H3,(H,14,17). The lowest BCUT2D eigenvalue weighted by molar-refractivity contribution is 1.05. The van der Waals surface area contributed by atoms with Crippen LogP contribution >= 0.6 is 0 Å². The average molecular weight is 224 g/mol. The summed E-state index contributed by atoms with van der Waals surface area (Å²) in [6.07, 6.45) is 1.89. The van der Waals surface area contributed by atoms with Gasteiger partial charge in [0.05, 0.1) is 5.69 Å². The lowest BCUT2D eigenvalue weighted by atomic mass is 10.1. The molecule has 4 heteroatoms. The molecule has 0 fully saturated rings. The molecule has 0 radical (unpaired) electrons. The smallest absolute Gasteiger partial charge is 0.156 e. The monoisotopic (exact) mass is 224 g/mol. The van der Waals surface area contributed by atoms with Crippen molar-refractivity contribution in [3.05, 3.63) is 42.6 Å². The van der Waals surface area contributed by atoms with E-state index in [2.05, 4.69) is 26.6 Å². The van der Waals surface area contributed by atoms with E-state index in [0.717, 1.165) is 28.0 Å². The largest absolute Gasteiger partial charge is 0.371 e. The molecule has 0 aliphatic heterocycles. The number of hydrogen-bond acceptors (Lipinski definition) is 3. The molecule has 2 heterocycles. The highest BCUT2D eigenvalue weighted by Crippen LogP contribution is 2.28. The molecule has 0 aliphatic carbocycles. The highest BCUT2D eigenvalue weighted by atomic mass is 15.2. The first-order chi connectivity index (χ1) is 8.40. The van der Waals surface area contributed by atoms with Crippen molar-refractivity contribution in [3.8, 4) is 11.4 Å². The summed E-state index contributed by atoms with van der Waals surface area (Å²) in [6.45, 7) is 0. The summed E-state index contributed by atoms with van der Waals surface area (Å²) in [4.78, 5) is 3.16. The number of benzene rings is 1. The van der Waals surface area contributed by atoms with Gasteiger partial charge in [0.1, 0.15) is 5.69 Å². The van der Waals surface area contributed by atoms with E-state index in [4.69, 9.17) is 0 Å². The van der Waals surface area contributed by atoms with Crippen molar-refractivity contribution in [2.75, 3.05) is 12.4 Å². The summed E-state index contributed by atoms with van der Waals surface area (Å²) in [5.41, 5.74) is 1.86. The summed E-state index contributed by atoms with van der Waals surface area (Å²) < 4.78 is 0. The third-order valence-corrected chi connectivity index (χ3v) is 2.78. The molecule has 4 nitrogen and oxygen atoms in total. The molecule has 0 aliphatic rings. The van der Waals surface area contributed by atoms with E-state index < -0.39 is 0 Å². The van der Waals surface area contributed by atoms with E-state index in [9.17, 15) is 0 Å². The van der Waals surface area contributed by atoms with Gasteiger partial charge in [-0.3, -0.25) is 0 Å². The fourth-order valence-electron chi connectivity index (χ4n) is 1.97. The zero-order chi connectivity index (χ0) is 11.7. The zero-order valence-corrected chi connectivity index (χ0v) is 9.44. The van der Waals surface area contributed by atoms with E-state index in [1.54, 1.807) is 0 Å². The highest BCUT2D eigenvalue weighted by molar-refractivity contribution is 5.99. The fraction of sp³-hybridized carbons (Fsp3) is 0.0769. The maximum Gasteiger partial charge on any atom is 0.156 e. The Morgan fingerprint density at radius 3 is 2.53 bits per heavy atom. The van der Waals surface area contributed by atoms with Crippen LogP contribution in [0.3, 0.4) is 0 Å². The van der Waals surface area contributed by atoms with Gasteiger partial charge in [0.25, 0.3) is 0 Å². The third kappa shape index (κ3) is 1.54. The third-order valence-electron chi connectivity index (χ3n) is 2.78. The molecule has 2 N–H and O–H groups in total. The zero-order valence-electron chi connectivity index (χ0n) is 9.44. The molecular formula is C13H12N4. The molecule has 0 amide bonds. The molecule has 0 bridgehead atoms. The summed E-state index contributed by atoms with van der Waals surface area (Å²) in [5, 5.41) is 13.7. The Balaban J connectivity index is 2.34. The second kappa shape index (κ2) is 3.90. The van der Waals surface area contributed by atoms with Gasteiger partial charge in [-0.15, -0.1) is 10.2 Å².